The van der Waals surface area contributed by atoms with E-state index in [0.717, 1.165) is 46.5 Å². The van der Waals surface area contributed by atoms with E-state index in [9.17, 15) is 4.79 Å². The topological polar surface area (TPSA) is 91.4 Å². The Bertz CT molecular complexity index is 1550. The minimum atomic E-state index is -0.431. The number of ether oxygens (including phenoxy) is 2. The number of carbonyl (C=O) groups excluding carboxylic acids is 1. The average molecular weight is 535 g/mol. The summed E-state index contributed by atoms with van der Waals surface area (Å²) >= 11 is 3.00. The van der Waals surface area contributed by atoms with Crippen molar-refractivity contribution in [3.8, 4) is 16.5 Å². The van der Waals surface area contributed by atoms with Crippen LogP contribution in [0, 0.1) is 0 Å². The first-order valence-electron chi connectivity index (χ1n) is 12.2. The van der Waals surface area contributed by atoms with Gasteiger partial charge in [0, 0.05) is 23.4 Å². The summed E-state index contributed by atoms with van der Waals surface area (Å²) in [6, 6.07) is 15.6. The zero-order valence-corrected chi connectivity index (χ0v) is 22.1. The van der Waals surface area contributed by atoms with Gasteiger partial charge in [-0.2, -0.15) is 0 Å². The lowest BCUT2D eigenvalue weighted by molar-refractivity contribution is -0.115. The predicted octanol–water partition coefficient (Wildman–Crippen LogP) is 6.21. The van der Waals surface area contributed by atoms with E-state index in [1.807, 2.05) is 60.8 Å². The number of nitrogens with zero attached hydrogens (tertiary/aromatic N) is 3. The standard InChI is InChI=1S/C27H26N4O4S2/c1-16(37-27-30-29-25(24-10-6-12-36-24)31(27)15-17-7-5-11-34-17)26(32)28-20-14-22-19(13-23(20)33-2)18-8-3-4-9-21(18)35-22/h3-4,6,8-10,12-14,16-17H,5,7,11,15H2,1-2H3,(H,28,32)/t16-,17+/m0/s1. The van der Waals surface area contributed by atoms with Crippen molar-refractivity contribution in [1.82, 2.24) is 14.8 Å². The van der Waals surface area contributed by atoms with Crippen LogP contribution in [0.25, 0.3) is 32.6 Å². The molecule has 1 N–H and O–H groups in total. The van der Waals surface area contributed by atoms with E-state index in [0.29, 0.717) is 28.7 Å². The van der Waals surface area contributed by atoms with Gasteiger partial charge in [0.1, 0.15) is 16.9 Å². The molecule has 1 saturated heterocycles. The number of thiophene rings is 1. The molecule has 1 amide bonds. The predicted molar refractivity (Wildman–Crippen MR) is 147 cm³/mol. The molecular weight excluding hydrogens is 508 g/mol. The lowest BCUT2D eigenvalue weighted by Gasteiger charge is -2.17. The van der Waals surface area contributed by atoms with Crippen LogP contribution >= 0.6 is 23.1 Å². The van der Waals surface area contributed by atoms with E-state index in [-0.39, 0.29) is 12.0 Å². The summed E-state index contributed by atoms with van der Waals surface area (Å²) in [6.07, 6.45) is 2.18. The molecule has 1 fully saturated rings. The fourth-order valence-electron chi connectivity index (χ4n) is 4.58. The molecule has 6 rings (SSSR count). The van der Waals surface area contributed by atoms with E-state index in [4.69, 9.17) is 13.9 Å². The molecular formula is C27H26N4O4S2. The lowest BCUT2D eigenvalue weighted by atomic mass is 10.1. The van der Waals surface area contributed by atoms with Crippen molar-refractivity contribution in [2.24, 2.45) is 0 Å². The van der Waals surface area contributed by atoms with Crippen LogP contribution in [-0.2, 0) is 16.1 Å². The quantitative estimate of drug-likeness (QED) is 0.237. The highest BCUT2D eigenvalue weighted by molar-refractivity contribution is 8.00. The molecule has 4 heterocycles. The van der Waals surface area contributed by atoms with Gasteiger partial charge in [-0.25, -0.2) is 0 Å². The number of methoxy groups -OCH3 is 1. The molecule has 1 aliphatic rings. The zero-order valence-electron chi connectivity index (χ0n) is 20.5. The first-order valence-corrected chi connectivity index (χ1v) is 13.9. The summed E-state index contributed by atoms with van der Waals surface area (Å²) in [7, 11) is 1.59. The van der Waals surface area contributed by atoms with Gasteiger partial charge in [0.25, 0.3) is 0 Å². The van der Waals surface area contributed by atoms with Crippen LogP contribution in [-0.4, -0.2) is 45.7 Å². The minimum absolute atomic E-state index is 0.123. The smallest absolute Gasteiger partial charge is 0.237 e. The third-order valence-electron chi connectivity index (χ3n) is 6.48. The average Bonchev–Trinajstić information content (AvgIpc) is 3.71. The van der Waals surface area contributed by atoms with Crippen LogP contribution < -0.4 is 10.1 Å². The van der Waals surface area contributed by atoms with Crippen LogP contribution in [0.3, 0.4) is 0 Å². The number of anilines is 1. The molecule has 0 saturated carbocycles. The maximum atomic E-state index is 13.3. The molecule has 0 bridgehead atoms. The highest BCUT2D eigenvalue weighted by Crippen LogP contribution is 2.37. The van der Waals surface area contributed by atoms with Crippen molar-refractivity contribution < 1.29 is 18.7 Å². The molecule has 190 valence electrons. The SMILES string of the molecule is COc1cc2c(cc1NC(=O)[C@H](C)Sc1nnc(-c3cccs3)n1C[C@H]1CCCO1)oc1ccccc12. The van der Waals surface area contributed by atoms with E-state index in [1.54, 1.807) is 18.4 Å². The molecule has 0 spiro atoms. The fraction of sp³-hybridized carbons (Fsp3) is 0.296. The Morgan fingerprint density at radius 3 is 2.89 bits per heavy atom. The second-order valence-electron chi connectivity index (χ2n) is 8.93. The number of thioether (sulfide) groups is 1. The summed E-state index contributed by atoms with van der Waals surface area (Å²) in [5.41, 5.74) is 2.04. The third kappa shape index (κ3) is 4.72. The molecule has 2 aromatic carbocycles. The summed E-state index contributed by atoms with van der Waals surface area (Å²) in [6.45, 7) is 3.30. The maximum absolute atomic E-state index is 13.3. The van der Waals surface area contributed by atoms with Crippen molar-refractivity contribution in [1.29, 1.82) is 0 Å². The molecule has 0 unspecified atom stereocenters. The Morgan fingerprint density at radius 2 is 2.11 bits per heavy atom. The van der Waals surface area contributed by atoms with Gasteiger partial charge in [0.2, 0.25) is 5.91 Å². The maximum Gasteiger partial charge on any atom is 0.237 e. The second kappa shape index (κ2) is 10.2. The van der Waals surface area contributed by atoms with E-state index >= 15 is 0 Å². The highest BCUT2D eigenvalue weighted by Gasteiger charge is 2.25. The van der Waals surface area contributed by atoms with Crippen LogP contribution in [0.4, 0.5) is 5.69 Å². The number of carbonyl (C=O) groups is 1. The molecule has 0 aliphatic carbocycles. The monoisotopic (exact) mass is 534 g/mol. The van der Waals surface area contributed by atoms with Gasteiger partial charge < -0.3 is 19.2 Å². The Morgan fingerprint density at radius 1 is 1.22 bits per heavy atom. The molecule has 8 nitrogen and oxygen atoms in total. The number of benzene rings is 2. The van der Waals surface area contributed by atoms with Crippen molar-refractivity contribution in [3.05, 3.63) is 53.9 Å². The van der Waals surface area contributed by atoms with Crippen LogP contribution in [0.15, 0.2) is 63.5 Å². The lowest BCUT2D eigenvalue weighted by Crippen LogP contribution is -2.24. The number of para-hydroxylation sites is 1. The molecule has 37 heavy (non-hydrogen) atoms. The summed E-state index contributed by atoms with van der Waals surface area (Å²) < 4.78 is 19.6. The van der Waals surface area contributed by atoms with E-state index in [2.05, 4.69) is 20.1 Å². The first-order chi connectivity index (χ1) is 18.1. The molecule has 0 radical (unpaired) electrons. The molecule has 5 aromatic rings. The Balaban J connectivity index is 1.24. The second-order valence-corrected chi connectivity index (χ2v) is 11.2. The largest absolute Gasteiger partial charge is 0.495 e. The van der Waals surface area contributed by atoms with Gasteiger partial charge in [-0.1, -0.05) is 36.0 Å². The first kappa shape index (κ1) is 24.0. The Hall–Kier alpha value is -3.34. The Kier molecular flexibility index (Phi) is 6.62. The fourth-order valence-corrected chi connectivity index (χ4v) is 6.16. The molecule has 2 atom stereocenters. The van der Waals surface area contributed by atoms with Crippen molar-refractivity contribution in [3.63, 3.8) is 0 Å². The number of hydrogen-bond acceptors (Lipinski definition) is 8. The zero-order chi connectivity index (χ0) is 25.4. The van der Waals surface area contributed by atoms with Gasteiger partial charge in [0.05, 0.1) is 35.6 Å². The summed E-state index contributed by atoms with van der Waals surface area (Å²) in [5, 5.41) is 16.2. The van der Waals surface area contributed by atoms with Gasteiger partial charge in [0.15, 0.2) is 11.0 Å². The van der Waals surface area contributed by atoms with Crippen LogP contribution in [0.1, 0.15) is 19.8 Å². The number of aromatic nitrogens is 3. The Labute approximate surface area is 222 Å². The number of hydrogen-bond donors (Lipinski definition) is 1. The highest BCUT2D eigenvalue weighted by atomic mass is 32.2. The van der Waals surface area contributed by atoms with E-state index in [1.165, 1.54) is 11.8 Å². The number of furan rings is 1. The number of nitrogens with one attached hydrogen (secondary N) is 1. The van der Waals surface area contributed by atoms with Gasteiger partial charge in [-0.15, -0.1) is 21.5 Å². The van der Waals surface area contributed by atoms with Crippen molar-refractivity contribution in [2.75, 3.05) is 19.0 Å². The van der Waals surface area contributed by atoms with Gasteiger partial charge >= 0.3 is 0 Å². The van der Waals surface area contributed by atoms with Crippen LogP contribution in [0.2, 0.25) is 0 Å². The van der Waals surface area contributed by atoms with Gasteiger partial charge in [-0.3, -0.25) is 9.36 Å². The van der Waals surface area contributed by atoms with Crippen molar-refractivity contribution in [2.45, 2.75) is 42.8 Å². The van der Waals surface area contributed by atoms with Gasteiger partial charge in [-0.05, 0) is 43.3 Å². The summed E-state index contributed by atoms with van der Waals surface area (Å²) in [4.78, 5) is 14.3. The number of fused-ring (bicyclic) bond motifs is 3. The molecule has 10 heteroatoms. The minimum Gasteiger partial charge on any atom is -0.495 e. The van der Waals surface area contributed by atoms with Crippen LogP contribution in [0.5, 0.6) is 5.75 Å². The summed E-state index contributed by atoms with van der Waals surface area (Å²) in [5.74, 6) is 1.21. The molecule has 1 aliphatic heterocycles. The number of rotatable bonds is 8. The normalized spacial score (nSPS) is 16.4. The number of amides is 1. The van der Waals surface area contributed by atoms with Crippen molar-refractivity contribution >= 4 is 56.6 Å². The van der Waals surface area contributed by atoms with E-state index < -0.39 is 5.25 Å². The molecule has 3 aromatic heterocycles. The third-order valence-corrected chi connectivity index (χ3v) is 8.42.